The van der Waals surface area contributed by atoms with E-state index in [-0.39, 0.29) is 0 Å². The van der Waals surface area contributed by atoms with E-state index in [1.54, 1.807) is 13.2 Å². The number of amides is 1. The minimum Gasteiger partial charge on any atom is -0.496 e. The number of primary amides is 1. The summed E-state index contributed by atoms with van der Waals surface area (Å²) in [6, 6.07) is 5.73. The summed E-state index contributed by atoms with van der Waals surface area (Å²) in [7, 11) is 1.59. The minimum atomic E-state index is -0.464. The zero-order valence-electron chi connectivity index (χ0n) is 8.28. The molecule has 0 aliphatic carbocycles. The second-order valence-corrected chi connectivity index (χ2v) is 2.98. The molecule has 3 nitrogen and oxygen atoms in total. The summed E-state index contributed by atoms with van der Waals surface area (Å²) in [6.45, 7) is 1.97. The maximum Gasteiger partial charge on any atom is 0.241 e. The molecule has 1 rings (SSSR count). The molecule has 1 amide bonds. The van der Waals surface area contributed by atoms with Crippen LogP contribution >= 0.6 is 0 Å². The van der Waals surface area contributed by atoms with Crippen molar-refractivity contribution in [2.75, 3.05) is 7.11 Å². The van der Waals surface area contributed by atoms with Gasteiger partial charge in [0.2, 0.25) is 5.91 Å². The highest BCUT2D eigenvalue weighted by Gasteiger charge is 1.99. The fourth-order valence-electron chi connectivity index (χ4n) is 1.16. The highest BCUT2D eigenvalue weighted by molar-refractivity contribution is 5.90. The van der Waals surface area contributed by atoms with Gasteiger partial charge in [-0.05, 0) is 25.1 Å². The molecular weight excluding hydrogens is 178 g/mol. The Morgan fingerprint density at radius 3 is 2.79 bits per heavy atom. The summed E-state index contributed by atoms with van der Waals surface area (Å²) >= 11 is 0. The number of hydrogen-bond acceptors (Lipinski definition) is 2. The molecule has 0 spiro atoms. The number of ether oxygens (including phenoxy) is 1. The standard InChI is InChI=1S/C11H13NO2/c1-8-3-5-10(14-2)9(7-8)4-6-11(12)13/h3-7H,1-2H3,(H2,12,13)/b6-4-. The van der Waals surface area contributed by atoms with E-state index in [0.717, 1.165) is 16.9 Å². The Morgan fingerprint density at radius 1 is 1.50 bits per heavy atom. The molecule has 2 N–H and O–H groups in total. The predicted octanol–water partition coefficient (Wildman–Crippen LogP) is 1.50. The van der Waals surface area contributed by atoms with E-state index >= 15 is 0 Å². The van der Waals surface area contributed by atoms with Gasteiger partial charge in [0.15, 0.2) is 0 Å². The SMILES string of the molecule is COc1ccc(C)cc1/C=C\C(N)=O. The van der Waals surface area contributed by atoms with Crippen LogP contribution in [0.3, 0.4) is 0 Å². The fourth-order valence-corrected chi connectivity index (χ4v) is 1.16. The lowest BCUT2D eigenvalue weighted by molar-refractivity contribution is -0.113. The summed E-state index contributed by atoms with van der Waals surface area (Å²) in [5.74, 6) is 0.265. The Balaban J connectivity index is 3.04. The van der Waals surface area contributed by atoms with Gasteiger partial charge in [0.25, 0.3) is 0 Å². The number of rotatable bonds is 3. The maximum atomic E-state index is 10.6. The van der Waals surface area contributed by atoms with Crippen LogP contribution in [-0.2, 0) is 4.79 Å². The Bertz CT molecular complexity index is 370. The second-order valence-electron chi connectivity index (χ2n) is 2.98. The second kappa shape index (κ2) is 4.46. The first-order chi connectivity index (χ1) is 6.63. The third kappa shape index (κ3) is 2.62. The number of carbonyl (C=O) groups is 1. The lowest BCUT2D eigenvalue weighted by atomic mass is 10.1. The molecule has 0 saturated carbocycles. The van der Waals surface area contributed by atoms with Crippen molar-refractivity contribution in [2.45, 2.75) is 6.92 Å². The van der Waals surface area contributed by atoms with Crippen molar-refractivity contribution in [1.82, 2.24) is 0 Å². The highest BCUT2D eigenvalue weighted by Crippen LogP contribution is 2.20. The third-order valence-corrected chi connectivity index (χ3v) is 1.81. The lowest BCUT2D eigenvalue weighted by Gasteiger charge is -2.04. The third-order valence-electron chi connectivity index (χ3n) is 1.81. The number of hydrogen-bond donors (Lipinski definition) is 1. The quantitative estimate of drug-likeness (QED) is 0.736. The van der Waals surface area contributed by atoms with Crippen molar-refractivity contribution < 1.29 is 9.53 Å². The number of aryl methyl sites for hydroxylation is 1. The molecule has 14 heavy (non-hydrogen) atoms. The smallest absolute Gasteiger partial charge is 0.241 e. The van der Waals surface area contributed by atoms with E-state index in [2.05, 4.69) is 0 Å². The highest BCUT2D eigenvalue weighted by atomic mass is 16.5. The van der Waals surface area contributed by atoms with E-state index in [0.29, 0.717) is 0 Å². The summed E-state index contributed by atoms with van der Waals surface area (Å²) in [5, 5.41) is 0. The molecule has 3 heteroatoms. The van der Waals surface area contributed by atoms with Crippen molar-refractivity contribution in [2.24, 2.45) is 5.73 Å². The van der Waals surface area contributed by atoms with E-state index < -0.39 is 5.91 Å². The van der Waals surface area contributed by atoms with Gasteiger partial charge < -0.3 is 10.5 Å². The van der Waals surface area contributed by atoms with Gasteiger partial charge in [0.05, 0.1) is 7.11 Å². The average molecular weight is 191 g/mol. The molecule has 1 aromatic rings. The van der Waals surface area contributed by atoms with Crippen molar-refractivity contribution in [3.8, 4) is 5.75 Å². The summed E-state index contributed by atoms with van der Waals surface area (Å²) in [4.78, 5) is 10.6. The molecular formula is C11H13NO2. The Hall–Kier alpha value is -1.77. The molecule has 0 unspecified atom stereocenters. The largest absolute Gasteiger partial charge is 0.496 e. The van der Waals surface area contributed by atoms with Crippen LogP contribution in [0.25, 0.3) is 6.08 Å². The Labute approximate surface area is 83.2 Å². The molecule has 0 aromatic heterocycles. The molecule has 0 bridgehead atoms. The van der Waals surface area contributed by atoms with Crippen molar-refractivity contribution in [3.05, 3.63) is 35.4 Å². The minimum absolute atomic E-state index is 0.464. The van der Waals surface area contributed by atoms with Crippen molar-refractivity contribution in [3.63, 3.8) is 0 Å². The molecule has 0 atom stereocenters. The molecule has 0 fully saturated rings. The topological polar surface area (TPSA) is 52.3 Å². The summed E-state index contributed by atoms with van der Waals surface area (Å²) in [6.07, 6.45) is 2.96. The van der Waals surface area contributed by atoms with Crippen LogP contribution in [0.5, 0.6) is 5.75 Å². The van der Waals surface area contributed by atoms with Crippen LogP contribution < -0.4 is 10.5 Å². The first kappa shape index (κ1) is 10.3. The molecule has 74 valence electrons. The van der Waals surface area contributed by atoms with Gasteiger partial charge in [-0.3, -0.25) is 4.79 Å². The fraction of sp³-hybridized carbons (Fsp3) is 0.182. The zero-order chi connectivity index (χ0) is 10.6. The monoisotopic (exact) mass is 191 g/mol. The van der Waals surface area contributed by atoms with Crippen LogP contribution in [-0.4, -0.2) is 13.0 Å². The van der Waals surface area contributed by atoms with Crippen LogP contribution in [0.1, 0.15) is 11.1 Å². The van der Waals surface area contributed by atoms with Crippen LogP contribution in [0.2, 0.25) is 0 Å². The van der Waals surface area contributed by atoms with Crippen LogP contribution in [0.4, 0.5) is 0 Å². The summed E-state index contributed by atoms with van der Waals surface area (Å²) in [5.41, 5.74) is 6.96. The lowest BCUT2D eigenvalue weighted by Crippen LogP contribution is -2.05. The normalized spacial score (nSPS) is 10.4. The number of benzene rings is 1. The van der Waals surface area contributed by atoms with Gasteiger partial charge in [-0.1, -0.05) is 11.6 Å². The van der Waals surface area contributed by atoms with E-state index in [4.69, 9.17) is 10.5 Å². The molecule has 0 aliphatic rings. The van der Waals surface area contributed by atoms with E-state index in [1.807, 2.05) is 25.1 Å². The zero-order valence-corrected chi connectivity index (χ0v) is 8.28. The van der Waals surface area contributed by atoms with Gasteiger partial charge >= 0.3 is 0 Å². The Kier molecular flexibility index (Phi) is 3.29. The van der Waals surface area contributed by atoms with E-state index in [9.17, 15) is 4.79 Å². The molecule has 0 heterocycles. The number of methoxy groups -OCH3 is 1. The number of carbonyl (C=O) groups excluding carboxylic acids is 1. The maximum absolute atomic E-state index is 10.6. The van der Waals surface area contributed by atoms with Crippen LogP contribution in [0.15, 0.2) is 24.3 Å². The summed E-state index contributed by atoms with van der Waals surface area (Å²) < 4.78 is 5.13. The number of nitrogens with two attached hydrogens (primary N) is 1. The van der Waals surface area contributed by atoms with Gasteiger partial charge in [-0.2, -0.15) is 0 Å². The molecule has 0 aliphatic heterocycles. The predicted molar refractivity (Wildman–Crippen MR) is 56.0 cm³/mol. The Morgan fingerprint density at radius 2 is 2.21 bits per heavy atom. The first-order valence-corrected chi connectivity index (χ1v) is 4.25. The molecule has 0 radical (unpaired) electrons. The van der Waals surface area contributed by atoms with Gasteiger partial charge in [-0.25, -0.2) is 0 Å². The van der Waals surface area contributed by atoms with Gasteiger partial charge in [0.1, 0.15) is 5.75 Å². The first-order valence-electron chi connectivity index (χ1n) is 4.25. The molecule has 0 saturated heterocycles. The van der Waals surface area contributed by atoms with E-state index in [1.165, 1.54) is 6.08 Å². The van der Waals surface area contributed by atoms with Crippen LogP contribution in [0, 0.1) is 6.92 Å². The molecule has 1 aromatic carbocycles. The van der Waals surface area contributed by atoms with Gasteiger partial charge in [0, 0.05) is 11.6 Å². The van der Waals surface area contributed by atoms with Crippen molar-refractivity contribution >= 4 is 12.0 Å². The van der Waals surface area contributed by atoms with Crippen molar-refractivity contribution in [1.29, 1.82) is 0 Å². The average Bonchev–Trinajstić information content (AvgIpc) is 2.15. The van der Waals surface area contributed by atoms with Gasteiger partial charge in [-0.15, -0.1) is 0 Å².